The number of nitrogen functional groups attached to an aromatic ring is 1. The first-order valence-corrected chi connectivity index (χ1v) is 6.63. The molecule has 1 unspecified atom stereocenters. The monoisotopic (exact) mass is 269 g/mol. The van der Waals surface area contributed by atoms with E-state index in [0.717, 1.165) is 12.1 Å². The van der Waals surface area contributed by atoms with E-state index in [0.29, 0.717) is 11.3 Å². The van der Waals surface area contributed by atoms with Crippen molar-refractivity contribution in [2.75, 3.05) is 5.73 Å². The van der Waals surface area contributed by atoms with Gasteiger partial charge in [-0.15, -0.1) is 0 Å². The molecule has 0 saturated heterocycles. The second-order valence-corrected chi connectivity index (χ2v) is 4.98. The summed E-state index contributed by atoms with van der Waals surface area (Å²) in [6, 6.07) is 11.8. The number of hydrogen-bond acceptors (Lipinski definition) is 3. The van der Waals surface area contributed by atoms with Gasteiger partial charge in [-0.1, -0.05) is 30.3 Å². The van der Waals surface area contributed by atoms with E-state index in [4.69, 9.17) is 5.73 Å². The van der Waals surface area contributed by atoms with Crippen LogP contribution in [0.5, 0.6) is 0 Å². The van der Waals surface area contributed by atoms with Gasteiger partial charge in [0, 0.05) is 23.6 Å². The molecule has 1 aromatic heterocycles. The minimum atomic E-state index is -0.182. The highest BCUT2D eigenvalue weighted by Crippen LogP contribution is 2.12. The van der Waals surface area contributed by atoms with Crippen LogP contribution < -0.4 is 11.1 Å². The van der Waals surface area contributed by atoms with Gasteiger partial charge in [0.15, 0.2) is 0 Å². The number of nitrogens with one attached hydrogen (secondary N) is 1. The lowest BCUT2D eigenvalue weighted by molar-refractivity contribution is 0.0940. The normalized spacial score (nSPS) is 11.9. The number of rotatable bonds is 4. The molecule has 0 fully saturated rings. The lowest BCUT2D eigenvalue weighted by atomic mass is 10.1. The zero-order valence-corrected chi connectivity index (χ0v) is 11.8. The predicted molar refractivity (Wildman–Crippen MR) is 80.5 cm³/mol. The predicted octanol–water partition coefficient (Wildman–Crippen LogP) is 2.33. The Bertz CT molecular complexity index is 596. The number of nitrogens with two attached hydrogens (primary N) is 1. The largest absolute Gasteiger partial charge is 0.398 e. The fourth-order valence-electron chi connectivity index (χ4n) is 2.09. The molecule has 4 nitrogen and oxygen atoms in total. The maximum Gasteiger partial charge on any atom is 0.255 e. The van der Waals surface area contributed by atoms with Crippen LogP contribution in [0.1, 0.15) is 28.5 Å². The maximum atomic E-state index is 12.1. The van der Waals surface area contributed by atoms with Crippen molar-refractivity contribution in [1.82, 2.24) is 10.3 Å². The number of pyridine rings is 1. The summed E-state index contributed by atoms with van der Waals surface area (Å²) in [7, 11) is 0. The lowest BCUT2D eigenvalue weighted by Crippen LogP contribution is -2.34. The second kappa shape index (κ2) is 6.19. The van der Waals surface area contributed by atoms with E-state index in [1.165, 1.54) is 11.8 Å². The van der Waals surface area contributed by atoms with E-state index in [1.807, 2.05) is 44.2 Å². The van der Waals surface area contributed by atoms with Gasteiger partial charge in [-0.3, -0.25) is 9.78 Å². The molecule has 0 aliphatic rings. The molecule has 0 radical (unpaired) electrons. The number of aryl methyl sites for hydroxylation is 1. The fraction of sp³-hybridized carbons (Fsp3) is 0.250. The SMILES string of the molecule is Cc1cc(N)c(C(=O)NC(C)Cc2ccccc2)cn1. The molecule has 0 bridgehead atoms. The van der Waals surface area contributed by atoms with Gasteiger partial charge in [0.1, 0.15) is 0 Å². The second-order valence-electron chi connectivity index (χ2n) is 4.98. The van der Waals surface area contributed by atoms with Crippen molar-refractivity contribution in [2.45, 2.75) is 26.3 Å². The number of anilines is 1. The van der Waals surface area contributed by atoms with Gasteiger partial charge in [0.05, 0.1) is 5.56 Å². The van der Waals surface area contributed by atoms with E-state index in [-0.39, 0.29) is 11.9 Å². The van der Waals surface area contributed by atoms with Crippen molar-refractivity contribution in [3.05, 3.63) is 59.4 Å². The first-order chi connectivity index (χ1) is 9.56. The molecular weight excluding hydrogens is 250 g/mol. The number of amides is 1. The zero-order valence-electron chi connectivity index (χ0n) is 11.8. The Labute approximate surface area is 119 Å². The molecule has 0 saturated carbocycles. The maximum absolute atomic E-state index is 12.1. The Morgan fingerprint density at radius 3 is 2.70 bits per heavy atom. The van der Waals surface area contributed by atoms with E-state index in [1.54, 1.807) is 6.07 Å². The quantitative estimate of drug-likeness (QED) is 0.895. The molecule has 1 amide bonds. The van der Waals surface area contributed by atoms with Gasteiger partial charge in [0.2, 0.25) is 0 Å². The van der Waals surface area contributed by atoms with Crippen LogP contribution in [0.3, 0.4) is 0 Å². The van der Waals surface area contributed by atoms with Crippen LogP contribution in [0.4, 0.5) is 5.69 Å². The first-order valence-electron chi connectivity index (χ1n) is 6.63. The molecule has 20 heavy (non-hydrogen) atoms. The summed E-state index contributed by atoms with van der Waals surface area (Å²) >= 11 is 0. The molecule has 2 rings (SSSR count). The van der Waals surface area contributed by atoms with Crippen LogP contribution in [0.25, 0.3) is 0 Å². The van der Waals surface area contributed by atoms with Crippen LogP contribution in [-0.2, 0) is 6.42 Å². The number of benzene rings is 1. The number of aromatic nitrogens is 1. The summed E-state index contributed by atoms with van der Waals surface area (Å²) in [5, 5.41) is 2.95. The highest BCUT2D eigenvalue weighted by Gasteiger charge is 2.13. The van der Waals surface area contributed by atoms with Gasteiger partial charge in [-0.2, -0.15) is 0 Å². The minimum Gasteiger partial charge on any atom is -0.398 e. The van der Waals surface area contributed by atoms with E-state index in [2.05, 4.69) is 10.3 Å². The molecule has 1 aromatic carbocycles. The standard InChI is InChI=1S/C16H19N3O/c1-11-9-15(17)14(10-18-11)16(20)19-12(2)8-13-6-4-3-5-7-13/h3-7,9-10,12H,8H2,1-2H3,(H2,17,18)(H,19,20). The highest BCUT2D eigenvalue weighted by molar-refractivity contribution is 5.98. The van der Waals surface area contributed by atoms with Crippen LogP contribution in [0.2, 0.25) is 0 Å². The average Bonchev–Trinajstić information content (AvgIpc) is 2.39. The number of carbonyl (C=O) groups is 1. The smallest absolute Gasteiger partial charge is 0.255 e. The Kier molecular flexibility index (Phi) is 4.35. The summed E-state index contributed by atoms with van der Waals surface area (Å²) in [5.41, 5.74) is 8.73. The summed E-state index contributed by atoms with van der Waals surface area (Å²) in [4.78, 5) is 16.3. The molecule has 1 atom stereocenters. The van der Waals surface area contributed by atoms with Gasteiger partial charge >= 0.3 is 0 Å². The zero-order chi connectivity index (χ0) is 14.5. The van der Waals surface area contributed by atoms with Crippen molar-refractivity contribution in [3.63, 3.8) is 0 Å². The third kappa shape index (κ3) is 3.57. The van der Waals surface area contributed by atoms with Crippen LogP contribution in [0, 0.1) is 6.92 Å². The third-order valence-corrected chi connectivity index (χ3v) is 3.08. The summed E-state index contributed by atoms with van der Waals surface area (Å²) in [6.07, 6.45) is 2.31. The highest BCUT2D eigenvalue weighted by atomic mass is 16.1. The molecule has 1 heterocycles. The Morgan fingerprint density at radius 1 is 1.35 bits per heavy atom. The average molecular weight is 269 g/mol. The Morgan fingerprint density at radius 2 is 2.05 bits per heavy atom. The number of hydrogen-bond donors (Lipinski definition) is 2. The molecule has 0 aliphatic carbocycles. The van der Waals surface area contributed by atoms with E-state index in [9.17, 15) is 4.79 Å². The van der Waals surface area contributed by atoms with Crippen molar-refractivity contribution in [1.29, 1.82) is 0 Å². The summed E-state index contributed by atoms with van der Waals surface area (Å²) in [6.45, 7) is 3.82. The lowest BCUT2D eigenvalue weighted by Gasteiger charge is -2.15. The van der Waals surface area contributed by atoms with Crippen LogP contribution >= 0.6 is 0 Å². The molecule has 104 valence electrons. The van der Waals surface area contributed by atoms with E-state index < -0.39 is 0 Å². The van der Waals surface area contributed by atoms with Gasteiger partial charge < -0.3 is 11.1 Å². The molecule has 3 N–H and O–H groups in total. The molecule has 4 heteroatoms. The molecule has 0 spiro atoms. The van der Waals surface area contributed by atoms with Crippen molar-refractivity contribution in [2.24, 2.45) is 0 Å². The Balaban J connectivity index is 2.00. The summed E-state index contributed by atoms with van der Waals surface area (Å²) < 4.78 is 0. The van der Waals surface area contributed by atoms with Gasteiger partial charge in [-0.25, -0.2) is 0 Å². The summed E-state index contributed by atoms with van der Waals surface area (Å²) in [5.74, 6) is -0.182. The topological polar surface area (TPSA) is 68.0 Å². The minimum absolute atomic E-state index is 0.0330. The Hall–Kier alpha value is -2.36. The van der Waals surface area contributed by atoms with Crippen molar-refractivity contribution in [3.8, 4) is 0 Å². The molecule has 0 aliphatic heterocycles. The van der Waals surface area contributed by atoms with Gasteiger partial charge in [0.25, 0.3) is 5.91 Å². The van der Waals surface area contributed by atoms with Crippen molar-refractivity contribution >= 4 is 11.6 Å². The number of nitrogens with zero attached hydrogens (tertiary/aromatic N) is 1. The third-order valence-electron chi connectivity index (χ3n) is 3.08. The molecule has 2 aromatic rings. The van der Waals surface area contributed by atoms with E-state index >= 15 is 0 Å². The fourth-order valence-corrected chi connectivity index (χ4v) is 2.09. The van der Waals surface area contributed by atoms with Crippen LogP contribution in [-0.4, -0.2) is 16.9 Å². The van der Waals surface area contributed by atoms with Crippen molar-refractivity contribution < 1.29 is 4.79 Å². The first kappa shape index (κ1) is 14.1. The molecular formula is C16H19N3O. The van der Waals surface area contributed by atoms with Crippen LogP contribution in [0.15, 0.2) is 42.6 Å². The number of carbonyl (C=O) groups excluding carboxylic acids is 1. The van der Waals surface area contributed by atoms with Gasteiger partial charge in [-0.05, 0) is 31.9 Å².